The smallest absolute Gasteiger partial charge is 0.192 e. The minimum Gasteiger partial charge on any atom is -0.497 e. The van der Waals surface area contributed by atoms with Crippen molar-refractivity contribution < 1.29 is 19.0 Å². The largest absolute Gasteiger partial charge is 0.497 e. The number of hydrogen-bond donors (Lipinski definition) is 1. The fourth-order valence-corrected chi connectivity index (χ4v) is 7.54. The van der Waals surface area contributed by atoms with Crippen molar-refractivity contribution in [1.82, 2.24) is 0 Å². The van der Waals surface area contributed by atoms with E-state index >= 15 is 0 Å². The molecule has 33 heavy (non-hydrogen) atoms. The maximum absolute atomic E-state index is 11.1. The van der Waals surface area contributed by atoms with Crippen LogP contribution >= 0.6 is 22.6 Å². The molecule has 1 aromatic carbocycles. The van der Waals surface area contributed by atoms with E-state index in [0.717, 1.165) is 47.9 Å². The molecule has 0 fully saturated rings. The molecule has 0 saturated heterocycles. The number of hydrogen-bond acceptors (Lipinski definition) is 4. The summed E-state index contributed by atoms with van der Waals surface area (Å²) >= 11 is 2.16. The van der Waals surface area contributed by atoms with Crippen molar-refractivity contribution in [3.05, 3.63) is 64.8 Å². The van der Waals surface area contributed by atoms with Crippen molar-refractivity contribution in [2.45, 2.75) is 89.5 Å². The first kappa shape index (κ1) is 30.1. The van der Waals surface area contributed by atoms with Gasteiger partial charge in [0.25, 0.3) is 0 Å². The van der Waals surface area contributed by atoms with Gasteiger partial charge in [-0.1, -0.05) is 73.7 Å². The minimum atomic E-state index is -1.73. The summed E-state index contributed by atoms with van der Waals surface area (Å²) < 4.78 is 20.0. The normalized spacial score (nSPS) is 15.7. The second-order valence-electron chi connectivity index (χ2n) is 8.80. The zero-order valence-corrected chi connectivity index (χ0v) is 24.3. The molecule has 1 aromatic rings. The van der Waals surface area contributed by atoms with Gasteiger partial charge in [-0.15, -0.1) is 6.58 Å². The topological polar surface area (TPSA) is 47.9 Å². The molecule has 6 heteroatoms. The Kier molecular flexibility index (Phi) is 13.8. The fourth-order valence-electron chi connectivity index (χ4n) is 3.94. The van der Waals surface area contributed by atoms with Crippen LogP contribution in [0, 0.1) is 0 Å². The van der Waals surface area contributed by atoms with Crippen molar-refractivity contribution in [3.8, 4) is 5.75 Å². The lowest BCUT2D eigenvalue weighted by molar-refractivity contribution is -0.0885. The molecule has 1 unspecified atom stereocenters. The van der Waals surface area contributed by atoms with Gasteiger partial charge in [0.1, 0.15) is 11.4 Å². The Morgan fingerprint density at radius 3 is 2.24 bits per heavy atom. The van der Waals surface area contributed by atoms with E-state index in [4.69, 9.17) is 13.9 Å². The first-order valence-electron chi connectivity index (χ1n) is 11.9. The van der Waals surface area contributed by atoms with Gasteiger partial charge in [0.05, 0.1) is 25.9 Å². The van der Waals surface area contributed by atoms with Crippen LogP contribution in [0.1, 0.15) is 52.5 Å². The van der Waals surface area contributed by atoms with E-state index < -0.39 is 20.0 Å². The summed E-state index contributed by atoms with van der Waals surface area (Å²) in [5.74, 6) is 0.808. The molecule has 1 N–H and O–H groups in total. The molecule has 0 aromatic heterocycles. The standard InChI is InChI=1S/C27H43IO4Si/c1-8-12-25(32-33(9-2,10-3)11-4)19-22(5)20-26(29)27(6,17-18-28)31-21-23-13-15-24(30-7)16-14-23/h8,13-18,25-26,29H,1,5,9-12,19-21H2,2-4,6-7H3/b18-17+/t25-,26?,27+/m0/s1. The Hall–Kier alpha value is -0.933. The predicted molar refractivity (Wildman–Crippen MR) is 151 cm³/mol. The summed E-state index contributed by atoms with van der Waals surface area (Å²) in [4.78, 5) is 0. The average molecular weight is 587 g/mol. The van der Waals surface area contributed by atoms with Gasteiger partial charge in [0, 0.05) is 0 Å². The number of rotatable bonds is 17. The van der Waals surface area contributed by atoms with Crippen LogP contribution in [0.5, 0.6) is 5.75 Å². The van der Waals surface area contributed by atoms with Crippen molar-refractivity contribution in [1.29, 1.82) is 0 Å². The van der Waals surface area contributed by atoms with Gasteiger partial charge in [-0.3, -0.25) is 0 Å². The number of aliphatic hydroxyl groups excluding tert-OH is 1. The Morgan fingerprint density at radius 2 is 1.76 bits per heavy atom. The van der Waals surface area contributed by atoms with Gasteiger partial charge in [-0.25, -0.2) is 0 Å². The SMILES string of the molecule is C=CC[C@@H](CC(=C)CC(O)[C@@](C)(/C=C/I)OCc1ccc(OC)cc1)O[Si](CC)(CC)CC. The Labute approximate surface area is 216 Å². The van der Waals surface area contributed by atoms with E-state index in [0.29, 0.717) is 13.0 Å². The number of halogens is 1. The molecule has 186 valence electrons. The third-order valence-corrected chi connectivity index (χ3v) is 11.6. The molecule has 0 aliphatic rings. The van der Waals surface area contributed by atoms with Crippen molar-refractivity contribution in [2.75, 3.05) is 7.11 Å². The van der Waals surface area contributed by atoms with Gasteiger partial charge in [0.15, 0.2) is 8.32 Å². The second-order valence-corrected chi connectivity index (χ2v) is 14.2. The number of ether oxygens (including phenoxy) is 2. The van der Waals surface area contributed by atoms with E-state index in [1.807, 2.05) is 47.4 Å². The molecular formula is C27H43IO4Si. The van der Waals surface area contributed by atoms with E-state index in [1.165, 1.54) is 0 Å². The fraction of sp³-hybridized carbons (Fsp3) is 0.556. The zero-order valence-electron chi connectivity index (χ0n) is 21.1. The molecule has 0 aliphatic carbocycles. The van der Waals surface area contributed by atoms with Gasteiger partial charge < -0.3 is 19.0 Å². The van der Waals surface area contributed by atoms with Gasteiger partial charge in [0.2, 0.25) is 0 Å². The number of aliphatic hydroxyl groups is 1. The Bertz CT molecular complexity index is 737. The molecular weight excluding hydrogens is 543 g/mol. The molecule has 0 radical (unpaired) electrons. The summed E-state index contributed by atoms with van der Waals surface area (Å²) in [5.41, 5.74) is 1.17. The van der Waals surface area contributed by atoms with Crippen LogP contribution in [-0.2, 0) is 15.8 Å². The number of methoxy groups -OCH3 is 1. The van der Waals surface area contributed by atoms with Crippen LogP contribution in [0.4, 0.5) is 0 Å². The lowest BCUT2D eigenvalue weighted by Gasteiger charge is -2.35. The van der Waals surface area contributed by atoms with E-state index in [9.17, 15) is 5.11 Å². The van der Waals surface area contributed by atoms with Crippen LogP contribution in [0.2, 0.25) is 18.1 Å². The van der Waals surface area contributed by atoms with Crippen molar-refractivity contribution >= 4 is 30.9 Å². The summed E-state index contributed by atoms with van der Waals surface area (Å²) in [6.45, 7) is 17.2. The van der Waals surface area contributed by atoms with Crippen LogP contribution < -0.4 is 4.74 Å². The molecule has 3 atom stereocenters. The third kappa shape index (κ3) is 9.68. The molecule has 0 spiro atoms. The lowest BCUT2D eigenvalue weighted by Crippen LogP contribution is -2.41. The first-order valence-corrected chi connectivity index (χ1v) is 15.7. The van der Waals surface area contributed by atoms with Gasteiger partial charge in [-0.05, 0) is 72.2 Å². The van der Waals surface area contributed by atoms with Gasteiger partial charge >= 0.3 is 0 Å². The molecule has 1 rings (SSSR count). The summed E-state index contributed by atoms with van der Waals surface area (Å²) in [6.07, 6.45) is 5.16. The highest BCUT2D eigenvalue weighted by Crippen LogP contribution is 2.30. The maximum atomic E-state index is 11.1. The molecule has 0 amide bonds. The highest BCUT2D eigenvalue weighted by molar-refractivity contribution is 14.1. The minimum absolute atomic E-state index is 0.0697. The highest BCUT2D eigenvalue weighted by Gasteiger charge is 2.34. The summed E-state index contributed by atoms with van der Waals surface area (Å²) in [6, 6.07) is 11.1. The lowest BCUT2D eigenvalue weighted by atomic mass is 9.91. The van der Waals surface area contributed by atoms with E-state index in [-0.39, 0.29) is 6.10 Å². The maximum Gasteiger partial charge on any atom is 0.192 e. The average Bonchev–Trinajstić information content (AvgIpc) is 2.81. The van der Waals surface area contributed by atoms with E-state index in [1.54, 1.807) is 7.11 Å². The zero-order chi connectivity index (χ0) is 24.9. The van der Waals surface area contributed by atoms with E-state index in [2.05, 4.69) is 56.5 Å². The van der Waals surface area contributed by atoms with Crippen molar-refractivity contribution in [3.63, 3.8) is 0 Å². The summed E-state index contributed by atoms with van der Waals surface area (Å²) in [7, 11) is -0.0787. The van der Waals surface area contributed by atoms with Crippen molar-refractivity contribution in [2.24, 2.45) is 0 Å². The molecule has 0 saturated carbocycles. The van der Waals surface area contributed by atoms with Crippen LogP contribution in [0.15, 0.2) is 59.2 Å². The quantitative estimate of drug-likeness (QED) is 0.116. The highest BCUT2D eigenvalue weighted by atomic mass is 127. The molecule has 0 bridgehead atoms. The molecule has 4 nitrogen and oxygen atoms in total. The molecule has 0 heterocycles. The van der Waals surface area contributed by atoms with Crippen LogP contribution in [0.25, 0.3) is 0 Å². The van der Waals surface area contributed by atoms with Gasteiger partial charge in [-0.2, -0.15) is 0 Å². The van der Waals surface area contributed by atoms with Crippen LogP contribution in [0.3, 0.4) is 0 Å². The second kappa shape index (κ2) is 15.1. The van der Waals surface area contributed by atoms with Crippen LogP contribution in [-0.4, -0.2) is 38.3 Å². The summed E-state index contributed by atoms with van der Waals surface area (Å²) in [5, 5.41) is 11.1. The number of benzene rings is 1. The monoisotopic (exact) mass is 586 g/mol. The first-order chi connectivity index (χ1) is 15.7. The predicted octanol–water partition coefficient (Wildman–Crippen LogP) is 7.58. The Balaban J connectivity index is 2.82. The Morgan fingerprint density at radius 1 is 1.15 bits per heavy atom. The third-order valence-electron chi connectivity index (χ3n) is 6.54. The molecule has 0 aliphatic heterocycles.